The van der Waals surface area contributed by atoms with Gasteiger partial charge in [-0.05, 0) is 18.4 Å². The third-order valence-corrected chi connectivity index (χ3v) is 4.20. The minimum atomic E-state index is 0.0395. The molecule has 1 aromatic heterocycles. The van der Waals surface area contributed by atoms with E-state index in [9.17, 15) is 4.79 Å². The van der Waals surface area contributed by atoms with Gasteiger partial charge in [-0.3, -0.25) is 9.48 Å². The molecule has 1 fully saturated rings. The number of rotatable bonds is 5. The molecule has 0 bridgehead atoms. The Morgan fingerprint density at radius 3 is 2.83 bits per heavy atom. The zero-order valence-corrected chi connectivity index (χ0v) is 13.2. The summed E-state index contributed by atoms with van der Waals surface area (Å²) in [6, 6.07) is 10.2. The van der Waals surface area contributed by atoms with Crippen LogP contribution in [0.5, 0.6) is 0 Å². The van der Waals surface area contributed by atoms with Crippen LogP contribution in [0.1, 0.15) is 43.2 Å². The lowest BCUT2D eigenvalue weighted by atomic mass is 9.89. The molecule has 2 aromatic rings. The first-order valence-electron chi connectivity index (χ1n) is 8.20. The van der Waals surface area contributed by atoms with Crippen molar-refractivity contribution in [3.8, 4) is 0 Å². The molecule has 1 N–H and O–H groups in total. The number of benzene rings is 1. The minimum absolute atomic E-state index is 0.0395. The van der Waals surface area contributed by atoms with Crippen molar-refractivity contribution in [1.29, 1.82) is 0 Å². The molecule has 3 rings (SSSR count). The zero-order chi connectivity index (χ0) is 15.9. The fourth-order valence-electron chi connectivity index (χ4n) is 2.93. The number of hydrogen-bond donors (Lipinski definition) is 1. The highest BCUT2D eigenvalue weighted by atomic mass is 16.2. The zero-order valence-electron chi connectivity index (χ0n) is 13.2. The number of nitrogens with one attached hydrogen (secondary N) is 1. The van der Waals surface area contributed by atoms with Crippen LogP contribution in [0.2, 0.25) is 0 Å². The van der Waals surface area contributed by atoms with E-state index in [1.807, 2.05) is 29.1 Å². The summed E-state index contributed by atoms with van der Waals surface area (Å²) in [4.78, 5) is 12.0. The summed E-state index contributed by atoms with van der Waals surface area (Å²) in [6.07, 6.45) is 10.8. The van der Waals surface area contributed by atoms with E-state index >= 15 is 0 Å². The van der Waals surface area contributed by atoms with Crippen molar-refractivity contribution in [2.24, 2.45) is 11.0 Å². The van der Waals surface area contributed by atoms with Gasteiger partial charge in [0.2, 0.25) is 5.91 Å². The minimum Gasteiger partial charge on any atom is -0.273 e. The highest BCUT2D eigenvalue weighted by Crippen LogP contribution is 2.23. The van der Waals surface area contributed by atoms with E-state index in [0.717, 1.165) is 37.8 Å². The molecular formula is C18H22N4O. The Morgan fingerprint density at radius 1 is 1.26 bits per heavy atom. The number of nitrogens with zero attached hydrogens (tertiary/aromatic N) is 3. The molecule has 0 radical (unpaired) electrons. The molecule has 1 heterocycles. The van der Waals surface area contributed by atoms with Gasteiger partial charge in [-0.15, -0.1) is 0 Å². The molecule has 1 amide bonds. The van der Waals surface area contributed by atoms with Gasteiger partial charge in [0.15, 0.2) is 0 Å². The topological polar surface area (TPSA) is 59.3 Å². The largest absolute Gasteiger partial charge is 0.273 e. The molecule has 5 heteroatoms. The molecule has 0 unspecified atom stereocenters. The molecule has 23 heavy (non-hydrogen) atoms. The third-order valence-electron chi connectivity index (χ3n) is 4.20. The third kappa shape index (κ3) is 4.52. The standard InChI is InChI=1S/C18H22N4O/c23-18(17-9-5-2-6-10-17)21-19-11-16-12-20-22(14-16)13-15-7-3-1-4-8-15/h1,3-4,7-8,11-12,14,17H,2,5-6,9-10,13H2,(H,21,23)/b19-11-. The van der Waals surface area contributed by atoms with Crippen LogP contribution in [0.15, 0.2) is 47.8 Å². The van der Waals surface area contributed by atoms with Crippen LogP contribution in [0, 0.1) is 5.92 Å². The Bertz CT molecular complexity index is 657. The first-order valence-corrected chi connectivity index (χ1v) is 8.20. The molecule has 0 saturated heterocycles. The van der Waals surface area contributed by atoms with Crippen LogP contribution in [-0.4, -0.2) is 21.9 Å². The van der Waals surface area contributed by atoms with Crippen LogP contribution < -0.4 is 5.43 Å². The Balaban J connectivity index is 1.51. The van der Waals surface area contributed by atoms with E-state index in [1.54, 1.807) is 12.4 Å². The van der Waals surface area contributed by atoms with E-state index in [4.69, 9.17) is 0 Å². The maximum Gasteiger partial charge on any atom is 0.243 e. The van der Waals surface area contributed by atoms with Gasteiger partial charge < -0.3 is 0 Å². The Morgan fingerprint density at radius 2 is 2.04 bits per heavy atom. The second kappa shape index (κ2) is 7.72. The predicted molar refractivity (Wildman–Crippen MR) is 90.1 cm³/mol. The van der Waals surface area contributed by atoms with E-state index < -0.39 is 0 Å². The van der Waals surface area contributed by atoms with Crippen LogP contribution >= 0.6 is 0 Å². The molecule has 1 saturated carbocycles. The highest BCUT2D eigenvalue weighted by Gasteiger charge is 2.20. The number of amides is 1. The van der Waals surface area contributed by atoms with Gasteiger partial charge in [-0.1, -0.05) is 49.6 Å². The lowest BCUT2D eigenvalue weighted by molar-refractivity contribution is -0.125. The van der Waals surface area contributed by atoms with E-state index in [0.29, 0.717) is 0 Å². The molecule has 0 aliphatic heterocycles. The van der Waals surface area contributed by atoms with Gasteiger partial charge in [0.1, 0.15) is 0 Å². The van der Waals surface area contributed by atoms with Crippen molar-refractivity contribution in [3.63, 3.8) is 0 Å². The Kier molecular flexibility index (Phi) is 5.19. The van der Waals surface area contributed by atoms with Crippen molar-refractivity contribution in [1.82, 2.24) is 15.2 Å². The number of aromatic nitrogens is 2. The van der Waals surface area contributed by atoms with Gasteiger partial charge in [0.05, 0.1) is 19.0 Å². The number of carbonyl (C=O) groups excluding carboxylic acids is 1. The summed E-state index contributed by atoms with van der Waals surface area (Å²) in [5.41, 5.74) is 4.73. The molecule has 0 atom stereocenters. The Labute approximate surface area is 136 Å². The van der Waals surface area contributed by atoms with Gasteiger partial charge in [0, 0.05) is 17.7 Å². The van der Waals surface area contributed by atoms with Gasteiger partial charge in [-0.2, -0.15) is 10.2 Å². The first-order chi connectivity index (χ1) is 11.3. The average molecular weight is 310 g/mol. The monoisotopic (exact) mass is 310 g/mol. The van der Waals surface area contributed by atoms with Gasteiger partial charge >= 0.3 is 0 Å². The quantitative estimate of drug-likeness (QED) is 0.682. The normalized spacial score (nSPS) is 15.8. The van der Waals surface area contributed by atoms with Crippen molar-refractivity contribution >= 4 is 12.1 Å². The summed E-state index contributed by atoms with van der Waals surface area (Å²) in [5.74, 6) is 0.166. The lowest BCUT2D eigenvalue weighted by Gasteiger charge is -2.19. The van der Waals surface area contributed by atoms with E-state index in [-0.39, 0.29) is 11.8 Å². The van der Waals surface area contributed by atoms with Crippen LogP contribution in [-0.2, 0) is 11.3 Å². The molecule has 1 aromatic carbocycles. The first kappa shape index (κ1) is 15.5. The number of hydrazone groups is 1. The van der Waals surface area contributed by atoms with Gasteiger partial charge in [0.25, 0.3) is 0 Å². The predicted octanol–water partition coefficient (Wildman–Crippen LogP) is 2.96. The summed E-state index contributed by atoms with van der Waals surface area (Å²) >= 11 is 0. The second-order valence-electron chi connectivity index (χ2n) is 6.03. The fraction of sp³-hybridized carbons (Fsp3) is 0.389. The summed E-state index contributed by atoms with van der Waals surface area (Å²) in [5, 5.41) is 8.37. The smallest absolute Gasteiger partial charge is 0.243 e. The molecule has 1 aliphatic rings. The van der Waals surface area contributed by atoms with Crippen LogP contribution in [0.25, 0.3) is 0 Å². The number of hydrogen-bond acceptors (Lipinski definition) is 3. The second-order valence-corrected chi connectivity index (χ2v) is 6.03. The van der Waals surface area contributed by atoms with Crippen molar-refractivity contribution in [2.45, 2.75) is 38.6 Å². The van der Waals surface area contributed by atoms with Gasteiger partial charge in [-0.25, -0.2) is 5.43 Å². The van der Waals surface area contributed by atoms with Crippen LogP contribution in [0.3, 0.4) is 0 Å². The summed E-state index contributed by atoms with van der Waals surface area (Å²) < 4.78 is 1.86. The molecule has 0 spiro atoms. The molecule has 120 valence electrons. The summed E-state index contributed by atoms with van der Waals surface area (Å²) in [7, 11) is 0. The van der Waals surface area contributed by atoms with Crippen molar-refractivity contribution < 1.29 is 4.79 Å². The maximum absolute atomic E-state index is 12.0. The van der Waals surface area contributed by atoms with Crippen molar-refractivity contribution in [2.75, 3.05) is 0 Å². The van der Waals surface area contributed by atoms with E-state index in [1.165, 1.54) is 12.0 Å². The maximum atomic E-state index is 12.0. The summed E-state index contributed by atoms with van der Waals surface area (Å²) in [6.45, 7) is 0.725. The SMILES string of the molecule is O=C(N/N=C\c1cnn(Cc2ccccc2)c1)C1CCCCC1. The number of carbonyl (C=O) groups is 1. The van der Waals surface area contributed by atoms with Crippen molar-refractivity contribution in [3.05, 3.63) is 53.9 Å². The Hall–Kier alpha value is -2.43. The molecule has 5 nitrogen and oxygen atoms in total. The average Bonchev–Trinajstić information content (AvgIpc) is 3.04. The van der Waals surface area contributed by atoms with E-state index in [2.05, 4.69) is 27.8 Å². The fourth-order valence-corrected chi connectivity index (χ4v) is 2.93. The van der Waals surface area contributed by atoms with Crippen LogP contribution in [0.4, 0.5) is 0 Å². The lowest BCUT2D eigenvalue weighted by Crippen LogP contribution is -2.28. The molecular weight excluding hydrogens is 288 g/mol. The highest BCUT2D eigenvalue weighted by molar-refractivity contribution is 5.82. The molecule has 1 aliphatic carbocycles.